The van der Waals surface area contributed by atoms with Crippen molar-refractivity contribution in [3.8, 4) is 0 Å². The molecule has 3 heteroatoms. The summed E-state index contributed by atoms with van der Waals surface area (Å²) in [6, 6.07) is 10.5. The molecular formula is C15H20N2O. The van der Waals surface area contributed by atoms with Crippen LogP contribution in [0.3, 0.4) is 0 Å². The summed E-state index contributed by atoms with van der Waals surface area (Å²) in [4.78, 5) is 14.3. The van der Waals surface area contributed by atoms with Crippen LogP contribution in [0, 0.1) is 0 Å². The molecule has 3 rings (SSSR count). The summed E-state index contributed by atoms with van der Waals surface area (Å²) in [6.07, 6.45) is 2.96. The second kappa shape index (κ2) is 4.82. The van der Waals surface area contributed by atoms with Crippen LogP contribution >= 0.6 is 0 Å². The zero-order valence-electron chi connectivity index (χ0n) is 10.7. The van der Waals surface area contributed by atoms with Gasteiger partial charge < -0.3 is 5.32 Å². The van der Waals surface area contributed by atoms with E-state index in [2.05, 4.69) is 34.5 Å². The van der Waals surface area contributed by atoms with E-state index in [0.29, 0.717) is 12.3 Å². The van der Waals surface area contributed by atoms with Crippen molar-refractivity contribution in [2.24, 2.45) is 0 Å². The fraction of sp³-hybridized carbons (Fsp3) is 0.533. The molecule has 0 unspecified atom stereocenters. The molecule has 0 amide bonds. The third-order valence-electron chi connectivity index (χ3n) is 4.31. The zero-order chi connectivity index (χ0) is 12.4. The van der Waals surface area contributed by atoms with Crippen molar-refractivity contribution in [2.75, 3.05) is 19.6 Å². The molecule has 1 aromatic rings. The number of likely N-dealkylation sites (tertiary alicyclic amines) is 1. The first kappa shape index (κ1) is 11.9. The van der Waals surface area contributed by atoms with Gasteiger partial charge in [-0.2, -0.15) is 0 Å². The first-order valence-corrected chi connectivity index (χ1v) is 6.80. The summed E-state index contributed by atoms with van der Waals surface area (Å²) in [5.41, 5.74) is 1.45. The van der Waals surface area contributed by atoms with E-state index in [0.717, 1.165) is 38.9 Å². The van der Waals surface area contributed by atoms with Crippen molar-refractivity contribution >= 4 is 5.78 Å². The van der Waals surface area contributed by atoms with Crippen molar-refractivity contribution in [2.45, 2.75) is 31.3 Å². The molecule has 1 spiro atoms. The predicted octanol–water partition coefficient (Wildman–Crippen LogP) is 1.58. The fourth-order valence-electron chi connectivity index (χ4n) is 3.33. The maximum Gasteiger partial charge on any atom is 0.148 e. The SMILES string of the molecule is O=C1CN(Cc2ccccc2)C2(CCNCC2)C1. The molecule has 0 bridgehead atoms. The monoisotopic (exact) mass is 244 g/mol. The molecule has 2 aliphatic heterocycles. The van der Waals surface area contributed by atoms with Crippen LogP contribution in [0.5, 0.6) is 0 Å². The van der Waals surface area contributed by atoms with Gasteiger partial charge in [-0.05, 0) is 31.5 Å². The highest BCUT2D eigenvalue weighted by Gasteiger charge is 2.45. The Morgan fingerprint density at radius 2 is 1.89 bits per heavy atom. The molecule has 3 nitrogen and oxygen atoms in total. The number of carbonyl (C=O) groups is 1. The molecule has 0 atom stereocenters. The van der Waals surface area contributed by atoms with E-state index in [4.69, 9.17) is 0 Å². The van der Waals surface area contributed by atoms with Crippen molar-refractivity contribution in [1.29, 1.82) is 0 Å². The lowest BCUT2D eigenvalue weighted by Crippen LogP contribution is -2.50. The smallest absolute Gasteiger partial charge is 0.148 e. The summed E-state index contributed by atoms with van der Waals surface area (Å²) in [5, 5.41) is 3.40. The van der Waals surface area contributed by atoms with Crippen LogP contribution in [0.2, 0.25) is 0 Å². The van der Waals surface area contributed by atoms with Gasteiger partial charge in [0.2, 0.25) is 0 Å². The summed E-state index contributed by atoms with van der Waals surface area (Å²) in [6.45, 7) is 3.62. The standard InChI is InChI=1S/C15H20N2O/c18-14-10-15(6-8-16-9-7-15)17(12-14)11-13-4-2-1-3-5-13/h1-5,16H,6-12H2. The highest BCUT2D eigenvalue weighted by Crippen LogP contribution is 2.36. The number of rotatable bonds is 2. The lowest BCUT2D eigenvalue weighted by Gasteiger charge is -2.41. The Kier molecular flexibility index (Phi) is 3.18. The predicted molar refractivity (Wildman–Crippen MR) is 71.3 cm³/mol. The minimum absolute atomic E-state index is 0.137. The molecule has 2 aliphatic rings. The lowest BCUT2D eigenvalue weighted by molar-refractivity contribution is -0.117. The van der Waals surface area contributed by atoms with Crippen LogP contribution < -0.4 is 5.32 Å². The summed E-state index contributed by atoms with van der Waals surface area (Å²) >= 11 is 0. The Labute approximate surface area is 108 Å². The van der Waals surface area contributed by atoms with Gasteiger partial charge in [-0.15, -0.1) is 0 Å². The van der Waals surface area contributed by atoms with Crippen LogP contribution in [-0.4, -0.2) is 35.9 Å². The van der Waals surface area contributed by atoms with Crippen molar-refractivity contribution in [1.82, 2.24) is 10.2 Å². The van der Waals surface area contributed by atoms with Crippen LogP contribution in [-0.2, 0) is 11.3 Å². The molecule has 2 fully saturated rings. The average Bonchev–Trinajstić information content (AvgIpc) is 2.67. The van der Waals surface area contributed by atoms with Gasteiger partial charge in [-0.3, -0.25) is 9.69 Å². The van der Waals surface area contributed by atoms with Gasteiger partial charge in [0, 0.05) is 18.5 Å². The van der Waals surface area contributed by atoms with Crippen molar-refractivity contribution < 1.29 is 4.79 Å². The summed E-state index contributed by atoms with van der Waals surface area (Å²) < 4.78 is 0. The molecular weight excluding hydrogens is 224 g/mol. The Morgan fingerprint density at radius 3 is 2.61 bits per heavy atom. The molecule has 1 aromatic carbocycles. The van der Waals surface area contributed by atoms with Crippen LogP contribution in [0.25, 0.3) is 0 Å². The molecule has 18 heavy (non-hydrogen) atoms. The number of benzene rings is 1. The molecule has 0 saturated carbocycles. The normalized spacial score (nSPS) is 23.7. The Bertz CT molecular complexity index is 423. The van der Waals surface area contributed by atoms with E-state index < -0.39 is 0 Å². The third-order valence-corrected chi connectivity index (χ3v) is 4.31. The summed E-state index contributed by atoms with van der Waals surface area (Å²) in [5.74, 6) is 0.410. The third kappa shape index (κ3) is 2.20. The van der Waals surface area contributed by atoms with Gasteiger partial charge in [0.1, 0.15) is 5.78 Å². The number of ketones is 1. The second-order valence-corrected chi connectivity index (χ2v) is 5.53. The Morgan fingerprint density at radius 1 is 1.17 bits per heavy atom. The van der Waals surface area contributed by atoms with E-state index in [1.54, 1.807) is 0 Å². The number of Topliss-reactive ketones (excluding diaryl/α,β-unsaturated/α-hetero) is 1. The first-order valence-electron chi connectivity index (χ1n) is 6.80. The average molecular weight is 244 g/mol. The molecule has 0 aromatic heterocycles. The molecule has 0 radical (unpaired) electrons. The van der Waals surface area contributed by atoms with E-state index >= 15 is 0 Å². The van der Waals surface area contributed by atoms with E-state index in [-0.39, 0.29) is 5.54 Å². The molecule has 0 aliphatic carbocycles. The zero-order valence-corrected chi connectivity index (χ0v) is 10.7. The maximum atomic E-state index is 11.9. The Balaban J connectivity index is 1.79. The highest BCUT2D eigenvalue weighted by atomic mass is 16.1. The van der Waals surface area contributed by atoms with Crippen molar-refractivity contribution in [3.05, 3.63) is 35.9 Å². The number of carbonyl (C=O) groups excluding carboxylic acids is 1. The first-order chi connectivity index (χ1) is 8.78. The second-order valence-electron chi connectivity index (χ2n) is 5.53. The van der Waals surface area contributed by atoms with E-state index in [9.17, 15) is 4.79 Å². The number of hydrogen-bond acceptors (Lipinski definition) is 3. The molecule has 96 valence electrons. The number of piperidine rings is 1. The molecule has 2 saturated heterocycles. The van der Waals surface area contributed by atoms with Gasteiger partial charge in [0.25, 0.3) is 0 Å². The van der Waals surface area contributed by atoms with E-state index in [1.807, 2.05) is 6.07 Å². The van der Waals surface area contributed by atoms with Crippen LogP contribution in [0.1, 0.15) is 24.8 Å². The maximum absolute atomic E-state index is 11.9. The van der Waals surface area contributed by atoms with Crippen molar-refractivity contribution in [3.63, 3.8) is 0 Å². The number of hydrogen-bond donors (Lipinski definition) is 1. The molecule has 2 heterocycles. The molecule has 1 N–H and O–H groups in total. The summed E-state index contributed by atoms with van der Waals surface area (Å²) in [7, 11) is 0. The fourth-order valence-corrected chi connectivity index (χ4v) is 3.33. The number of nitrogens with one attached hydrogen (secondary N) is 1. The van der Waals surface area contributed by atoms with Crippen LogP contribution in [0.4, 0.5) is 0 Å². The van der Waals surface area contributed by atoms with Crippen LogP contribution in [0.15, 0.2) is 30.3 Å². The largest absolute Gasteiger partial charge is 0.317 e. The quantitative estimate of drug-likeness (QED) is 0.857. The van der Waals surface area contributed by atoms with Gasteiger partial charge in [0.05, 0.1) is 6.54 Å². The minimum Gasteiger partial charge on any atom is -0.317 e. The van der Waals surface area contributed by atoms with Gasteiger partial charge >= 0.3 is 0 Å². The topological polar surface area (TPSA) is 32.3 Å². The van der Waals surface area contributed by atoms with Gasteiger partial charge in [-0.1, -0.05) is 30.3 Å². The van der Waals surface area contributed by atoms with Gasteiger partial charge in [-0.25, -0.2) is 0 Å². The lowest BCUT2D eigenvalue weighted by atomic mass is 9.85. The highest BCUT2D eigenvalue weighted by molar-refractivity contribution is 5.84. The van der Waals surface area contributed by atoms with E-state index in [1.165, 1.54) is 5.56 Å². The number of nitrogens with zero attached hydrogens (tertiary/aromatic N) is 1. The Hall–Kier alpha value is -1.19. The minimum atomic E-state index is 0.137. The van der Waals surface area contributed by atoms with Gasteiger partial charge in [0.15, 0.2) is 0 Å².